The van der Waals surface area contributed by atoms with Crippen molar-refractivity contribution in [1.29, 1.82) is 0 Å². The second-order valence-corrected chi connectivity index (χ2v) is 4.44. The molecule has 1 aromatic rings. The Morgan fingerprint density at radius 1 is 1.33 bits per heavy atom. The summed E-state index contributed by atoms with van der Waals surface area (Å²) in [5, 5.41) is 0.202. The molecule has 1 unspecified atom stereocenters. The summed E-state index contributed by atoms with van der Waals surface area (Å²) in [6.45, 7) is 1.38. The van der Waals surface area contributed by atoms with Crippen molar-refractivity contribution < 1.29 is 13.6 Å². The first-order valence-corrected chi connectivity index (χ1v) is 5.44. The highest BCUT2D eigenvalue weighted by Gasteiger charge is 2.16. The van der Waals surface area contributed by atoms with Gasteiger partial charge >= 0.3 is 0 Å². The van der Waals surface area contributed by atoms with E-state index in [4.69, 9.17) is 11.6 Å². The topological polar surface area (TPSA) is 17.1 Å². The summed E-state index contributed by atoms with van der Waals surface area (Å²) in [4.78, 5) is 10.5. The van der Waals surface area contributed by atoms with E-state index in [9.17, 15) is 13.6 Å². The Hall–Kier alpha value is -0.480. The van der Waals surface area contributed by atoms with Crippen molar-refractivity contribution in [3.05, 3.63) is 34.3 Å². The molecule has 0 saturated carbocycles. The quantitative estimate of drug-likeness (QED) is 0.760. The lowest BCUT2D eigenvalue weighted by Gasteiger charge is -2.09. The summed E-state index contributed by atoms with van der Waals surface area (Å²) >= 11 is 8.79. The van der Waals surface area contributed by atoms with Gasteiger partial charge in [0.2, 0.25) is 0 Å². The largest absolute Gasteiger partial charge is 0.298 e. The smallest absolute Gasteiger partial charge is 0.263 e. The maximum Gasteiger partial charge on any atom is 0.263 e. The van der Waals surface area contributed by atoms with Crippen LogP contribution in [0, 0.1) is 0 Å². The third-order valence-electron chi connectivity index (χ3n) is 1.84. The maximum absolute atomic E-state index is 12.4. The summed E-state index contributed by atoms with van der Waals surface area (Å²) in [5.74, 6) is -0.155. The van der Waals surface area contributed by atoms with Gasteiger partial charge < -0.3 is 0 Å². The van der Waals surface area contributed by atoms with Gasteiger partial charge in [-0.2, -0.15) is 0 Å². The number of carbonyl (C=O) groups excluding carboxylic acids is 1. The third-order valence-corrected chi connectivity index (χ3v) is 3.24. The number of rotatable bonds is 3. The lowest BCUT2D eigenvalue weighted by atomic mass is 10.1. The Bertz CT molecular complexity index is 382. The number of hydrogen-bond donors (Lipinski definition) is 0. The minimum absolute atomic E-state index is 0.155. The average molecular weight is 298 g/mol. The van der Waals surface area contributed by atoms with Gasteiger partial charge in [-0.25, -0.2) is 8.78 Å². The molecule has 0 fully saturated rings. The lowest BCUT2D eigenvalue weighted by Crippen LogP contribution is -2.02. The zero-order valence-corrected chi connectivity index (χ0v) is 10.1. The predicted molar refractivity (Wildman–Crippen MR) is 58.8 cm³/mol. The van der Waals surface area contributed by atoms with Gasteiger partial charge in [0.1, 0.15) is 5.78 Å². The Morgan fingerprint density at radius 2 is 1.87 bits per heavy atom. The molecular weight excluding hydrogens is 289 g/mol. The van der Waals surface area contributed by atoms with Crippen molar-refractivity contribution in [2.75, 3.05) is 0 Å². The molecule has 0 aliphatic heterocycles. The van der Waals surface area contributed by atoms with Crippen molar-refractivity contribution in [1.82, 2.24) is 0 Å². The van der Waals surface area contributed by atoms with E-state index in [0.29, 0.717) is 5.56 Å². The van der Waals surface area contributed by atoms with E-state index in [1.165, 1.54) is 25.1 Å². The third kappa shape index (κ3) is 3.24. The fourth-order valence-electron chi connectivity index (χ4n) is 1.14. The van der Waals surface area contributed by atoms with Crippen LogP contribution in [0.2, 0.25) is 5.02 Å². The van der Waals surface area contributed by atoms with Crippen LogP contribution < -0.4 is 0 Å². The minimum atomic E-state index is -2.59. The van der Waals surface area contributed by atoms with Crippen LogP contribution in [-0.4, -0.2) is 5.78 Å². The lowest BCUT2D eigenvalue weighted by molar-refractivity contribution is -0.116. The second kappa shape index (κ2) is 5.03. The van der Waals surface area contributed by atoms with Gasteiger partial charge in [-0.1, -0.05) is 27.5 Å². The first-order valence-electron chi connectivity index (χ1n) is 4.15. The molecule has 1 aromatic carbocycles. The Kier molecular flexibility index (Phi) is 4.22. The molecular formula is C10H8BrClF2O. The molecule has 0 bridgehead atoms. The standard InChI is InChI=1S/C10H8BrClF2O/c1-5(15)9(11)6-2-7(10(13)14)4-8(12)3-6/h2-4,9-10H,1H3. The highest BCUT2D eigenvalue weighted by atomic mass is 79.9. The summed E-state index contributed by atoms with van der Waals surface area (Å²) < 4.78 is 24.9. The molecule has 0 spiro atoms. The molecule has 82 valence electrons. The molecule has 15 heavy (non-hydrogen) atoms. The van der Waals surface area contributed by atoms with Crippen LogP contribution in [-0.2, 0) is 4.79 Å². The Balaban J connectivity index is 3.14. The second-order valence-electron chi connectivity index (χ2n) is 3.09. The van der Waals surface area contributed by atoms with Crippen molar-refractivity contribution >= 4 is 33.3 Å². The van der Waals surface area contributed by atoms with Crippen molar-refractivity contribution in [2.45, 2.75) is 18.2 Å². The van der Waals surface area contributed by atoms with Crippen molar-refractivity contribution in [3.8, 4) is 0 Å². The molecule has 0 heterocycles. The molecule has 0 amide bonds. The number of benzene rings is 1. The highest BCUT2D eigenvalue weighted by Crippen LogP contribution is 2.30. The molecule has 1 rings (SSSR count). The molecule has 0 saturated heterocycles. The van der Waals surface area contributed by atoms with E-state index >= 15 is 0 Å². The molecule has 0 aromatic heterocycles. The van der Waals surface area contributed by atoms with Crippen LogP contribution >= 0.6 is 27.5 Å². The van der Waals surface area contributed by atoms with Gasteiger partial charge in [0, 0.05) is 10.6 Å². The van der Waals surface area contributed by atoms with E-state index in [2.05, 4.69) is 15.9 Å². The van der Waals surface area contributed by atoms with Gasteiger partial charge in [-0.05, 0) is 30.7 Å². The summed E-state index contributed by atoms with van der Waals surface area (Å²) in [6.07, 6.45) is -2.59. The van der Waals surface area contributed by atoms with Crippen LogP contribution in [0.3, 0.4) is 0 Å². The van der Waals surface area contributed by atoms with Crippen LogP contribution in [0.15, 0.2) is 18.2 Å². The Morgan fingerprint density at radius 3 is 2.33 bits per heavy atom. The van der Waals surface area contributed by atoms with E-state index in [-0.39, 0.29) is 16.4 Å². The van der Waals surface area contributed by atoms with E-state index in [1.807, 2.05) is 0 Å². The number of alkyl halides is 3. The fourth-order valence-corrected chi connectivity index (χ4v) is 1.66. The average Bonchev–Trinajstić information content (AvgIpc) is 2.15. The van der Waals surface area contributed by atoms with Crippen LogP contribution in [0.1, 0.15) is 29.3 Å². The maximum atomic E-state index is 12.4. The number of carbonyl (C=O) groups is 1. The number of Topliss-reactive ketones (excluding diaryl/α,β-unsaturated/α-hetero) is 1. The van der Waals surface area contributed by atoms with Crippen LogP contribution in [0.25, 0.3) is 0 Å². The number of ketones is 1. The van der Waals surface area contributed by atoms with E-state index in [1.54, 1.807) is 0 Å². The molecule has 0 aliphatic rings. The highest BCUT2D eigenvalue weighted by molar-refractivity contribution is 9.09. The Labute approximate surface area is 99.6 Å². The SMILES string of the molecule is CC(=O)C(Br)c1cc(Cl)cc(C(F)F)c1. The van der Waals surface area contributed by atoms with Crippen LogP contribution in [0.4, 0.5) is 8.78 Å². The zero-order chi connectivity index (χ0) is 11.6. The van der Waals surface area contributed by atoms with E-state index < -0.39 is 11.3 Å². The van der Waals surface area contributed by atoms with E-state index in [0.717, 1.165) is 0 Å². The van der Waals surface area contributed by atoms with Gasteiger partial charge in [0.25, 0.3) is 6.43 Å². The first kappa shape index (κ1) is 12.6. The summed E-state index contributed by atoms with van der Waals surface area (Å²) in [5.41, 5.74) is 0.272. The number of halogens is 4. The molecule has 1 nitrogen and oxygen atoms in total. The molecule has 5 heteroatoms. The van der Waals surface area contributed by atoms with Gasteiger partial charge in [-0.3, -0.25) is 4.79 Å². The number of hydrogen-bond acceptors (Lipinski definition) is 1. The molecule has 0 radical (unpaired) electrons. The monoisotopic (exact) mass is 296 g/mol. The normalized spacial score (nSPS) is 12.9. The van der Waals surface area contributed by atoms with Gasteiger partial charge in [-0.15, -0.1) is 0 Å². The minimum Gasteiger partial charge on any atom is -0.298 e. The van der Waals surface area contributed by atoms with Crippen molar-refractivity contribution in [3.63, 3.8) is 0 Å². The summed E-state index contributed by atoms with van der Waals surface area (Å²) in [6, 6.07) is 3.96. The zero-order valence-electron chi connectivity index (χ0n) is 7.81. The molecule has 0 aliphatic carbocycles. The van der Waals surface area contributed by atoms with Crippen LogP contribution in [0.5, 0.6) is 0 Å². The van der Waals surface area contributed by atoms with Gasteiger partial charge in [0.15, 0.2) is 0 Å². The predicted octanol–water partition coefficient (Wildman–Crippen LogP) is 4.30. The van der Waals surface area contributed by atoms with Gasteiger partial charge in [0.05, 0.1) is 4.83 Å². The molecule has 1 atom stereocenters. The summed E-state index contributed by atoms with van der Waals surface area (Å²) in [7, 11) is 0. The van der Waals surface area contributed by atoms with Crippen molar-refractivity contribution in [2.24, 2.45) is 0 Å². The first-order chi connectivity index (χ1) is 6.91. The molecule has 0 N–H and O–H groups in total. The fraction of sp³-hybridized carbons (Fsp3) is 0.300.